The fraction of sp³-hybridized carbons (Fsp3) is 0.211. The first-order chi connectivity index (χ1) is 11.8. The summed E-state index contributed by atoms with van der Waals surface area (Å²) in [6.45, 7) is 5.32. The van der Waals surface area contributed by atoms with E-state index in [0.29, 0.717) is 18.7 Å². The Morgan fingerprint density at radius 2 is 1.54 bits per heavy atom. The molecule has 0 radical (unpaired) electrons. The molecular weight excluding hydrogens is 300 g/mol. The number of hydrogen-bond donors (Lipinski definition) is 0. The Morgan fingerprint density at radius 1 is 0.875 bits per heavy atom. The van der Waals surface area contributed by atoms with Gasteiger partial charge in [-0.15, -0.1) is 5.10 Å². The smallest absolute Gasteiger partial charge is 0.258 e. The van der Waals surface area contributed by atoms with Crippen LogP contribution in [0, 0.1) is 0 Å². The highest BCUT2D eigenvalue weighted by Gasteiger charge is 2.29. The molecule has 5 nitrogen and oxygen atoms in total. The topological polar surface area (TPSA) is 51.0 Å². The average Bonchev–Trinajstić information content (AvgIpc) is 3.05. The number of benzene rings is 2. The van der Waals surface area contributed by atoms with Crippen LogP contribution in [0.4, 0.5) is 5.69 Å². The number of carbonyl (C=O) groups excluding carboxylic acids is 1. The number of nitrogens with zero attached hydrogens (tertiary/aromatic N) is 4. The van der Waals surface area contributed by atoms with Crippen LogP contribution in [0.2, 0.25) is 0 Å². The summed E-state index contributed by atoms with van der Waals surface area (Å²) in [6.07, 6.45) is 0. The largest absolute Gasteiger partial charge is 0.308 e. The first-order valence-electron chi connectivity index (χ1n) is 8.20. The van der Waals surface area contributed by atoms with Crippen LogP contribution >= 0.6 is 0 Å². The molecule has 1 aliphatic heterocycles. The van der Waals surface area contributed by atoms with Crippen molar-refractivity contribution in [2.45, 2.75) is 20.4 Å². The van der Waals surface area contributed by atoms with Crippen molar-refractivity contribution in [3.8, 4) is 22.5 Å². The Bertz CT molecular complexity index is 929. The maximum Gasteiger partial charge on any atom is 0.258 e. The Morgan fingerprint density at radius 3 is 2.25 bits per heavy atom. The van der Waals surface area contributed by atoms with Crippen molar-refractivity contribution < 1.29 is 4.79 Å². The fourth-order valence-electron chi connectivity index (χ4n) is 3.34. The SMILES string of the molecule is CCN1C(=O)c2ccccc2-c2c(nnn2CC)-c2ccccc21. The molecule has 5 heteroatoms. The summed E-state index contributed by atoms with van der Waals surface area (Å²) < 4.78 is 1.86. The van der Waals surface area contributed by atoms with Crippen LogP contribution in [0.5, 0.6) is 0 Å². The predicted octanol–water partition coefficient (Wildman–Crippen LogP) is 3.61. The van der Waals surface area contributed by atoms with Crippen LogP contribution in [0.25, 0.3) is 22.5 Å². The van der Waals surface area contributed by atoms with E-state index < -0.39 is 0 Å². The number of anilines is 1. The molecule has 0 atom stereocenters. The van der Waals surface area contributed by atoms with E-state index in [1.807, 2.05) is 72.0 Å². The number of fused-ring (bicyclic) bond motifs is 5. The number of rotatable bonds is 2. The van der Waals surface area contributed by atoms with Gasteiger partial charge in [0.1, 0.15) is 5.69 Å². The van der Waals surface area contributed by atoms with Gasteiger partial charge in [0.15, 0.2) is 0 Å². The first kappa shape index (κ1) is 14.6. The van der Waals surface area contributed by atoms with Gasteiger partial charge in [-0.2, -0.15) is 0 Å². The maximum absolute atomic E-state index is 13.2. The quantitative estimate of drug-likeness (QED) is 0.725. The molecule has 1 aromatic heterocycles. The van der Waals surface area contributed by atoms with Gasteiger partial charge in [0.25, 0.3) is 5.91 Å². The average molecular weight is 318 g/mol. The van der Waals surface area contributed by atoms with Crippen molar-refractivity contribution in [3.05, 3.63) is 54.1 Å². The van der Waals surface area contributed by atoms with Gasteiger partial charge in [0.05, 0.1) is 11.4 Å². The van der Waals surface area contributed by atoms with E-state index in [4.69, 9.17) is 0 Å². The molecule has 4 rings (SSSR count). The van der Waals surface area contributed by atoms with E-state index in [1.165, 1.54) is 0 Å². The highest BCUT2D eigenvalue weighted by molar-refractivity contribution is 6.13. The van der Waals surface area contributed by atoms with Crippen molar-refractivity contribution in [1.29, 1.82) is 0 Å². The number of carbonyl (C=O) groups is 1. The number of para-hydroxylation sites is 1. The monoisotopic (exact) mass is 318 g/mol. The number of hydrogen-bond acceptors (Lipinski definition) is 3. The van der Waals surface area contributed by atoms with Crippen LogP contribution in [0.1, 0.15) is 24.2 Å². The third-order valence-corrected chi connectivity index (χ3v) is 4.46. The van der Waals surface area contributed by atoms with Crippen molar-refractivity contribution in [1.82, 2.24) is 15.0 Å². The van der Waals surface area contributed by atoms with E-state index in [9.17, 15) is 4.79 Å². The maximum atomic E-state index is 13.2. The lowest BCUT2D eigenvalue weighted by Gasteiger charge is -2.27. The zero-order valence-electron chi connectivity index (χ0n) is 13.7. The highest BCUT2D eigenvalue weighted by atomic mass is 16.2. The summed E-state index contributed by atoms with van der Waals surface area (Å²) in [7, 11) is 0. The predicted molar refractivity (Wildman–Crippen MR) is 93.9 cm³/mol. The molecule has 0 saturated carbocycles. The summed E-state index contributed by atoms with van der Waals surface area (Å²) >= 11 is 0. The highest BCUT2D eigenvalue weighted by Crippen LogP contribution is 2.40. The summed E-state index contributed by atoms with van der Waals surface area (Å²) in [5.74, 6) is 0.00931. The standard InChI is InChI=1S/C19H18N4O/c1-3-22-16-12-8-7-11-15(16)17-18(23(4-2)21-20-17)13-9-5-6-10-14(13)19(22)24/h5-12H,3-4H2,1-2H3. The normalized spacial score (nSPS) is 12.9. The number of aryl methyl sites for hydroxylation is 1. The zero-order valence-corrected chi connectivity index (χ0v) is 13.7. The molecule has 0 saturated heterocycles. The van der Waals surface area contributed by atoms with Crippen LogP contribution in [0.15, 0.2) is 48.5 Å². The van der Waals surface area contributed by atoms with Gasteiger partial charge in [-0.25, -0.2) is 4.68 Å². The summed E-state index contributed by atoms with van der Waals surface area (Å²) in [5, 5.41) is 8.75. The third-order valence-electron chi connectivity index (χ3n) is 4.46. The molecule has 0 N–H and O–H groups in total. The minimum Gasteiger partial charge on any atom is -0.308 e. The van der Waals surface area contributed by atoms with Gasteiger partial charge in [0.2, 0.25) is 0 Å². The molecule has 0 bridgehead atoms. The molecule has 0 spiro atoms. The minimum atomic E-state index is 0.00931. The van der Waals surface area contributed by atoms with E-state index in [1.54, 1.807) is 0 Å². The van der Waals surface area contributed by atoms with Gasteiger partial charge in [-0.3, -0.25) is 4.79 Å². The van der Waals surface area contributed by atoms with Crippen molar-refractivity contribution in [2.75, 3.05) is 11.4 Å². The van der Waals surface area contributed by atoms with Gasteiger partial charge in [0, 0.05) is 29.8 Å². The molecule has 0 fully saturated rings. The van der Waals surface area contributed by atoms with Crippen LogP contribution in [-0.2, 0) is 6.54 Å². The van der Waals surface area contributed by atoms with E-state index in [0.717, 1.165) is 28.2 Å². The number of amides is 1. The Balaban J connectivity index is 2.14. The molecule has 3 aromatic rings. The second-order valence-corrected chi connectivity index (χ2v) is 5.71. The molecule has 2 heterocycles. The number of aromatic nitrogens is 3. The van der Waals surface area contributed by atoms with E-state index in [-0.39, 0.29) is 5.91 Å². The lowest BCUT2D eigenvalue weighted by Crippen LogP contribution is -2.32. The van der Waals surface area contributed by atoms with Gasteiger partial charge >= 0.3 is 0 Å². The Hall–Kier alpha value is -2.95. The molecule has 1 amide bonds. The van der Waals surface area contributed by atoms with Crippen molar-refractivity contribution in [3.63, 3.8) is 0 Å². The molecule has 2 aromatic carbocycles. The summed E-state index contributed by atoms with van der Waals surface area (Å²) in [4.78, 5) is 15.0. The van der Waals surface area contributed by atoms with Crippen molar-refractivity contribution >= 4 is 11.6 Å². The van der Waals surface area contributed by atoms with Crippen molar-refractivity contribution in [2.24, 2.45) is 0 Å². The second-order valence-electron chi connectivity index (χ2n) is 5.71. The van der Waals surface area contributed by atoms with E-state index >= 15 is 0 Å². The Kier molecular flexibility index (Phi) is 3.41. The van der Waals surface area contributed by atoms with Crippen LogP contribution < -0.4 is 4.90 Å². The van der Waals surface area contributed by atoms with Crippen LogP contribution in [-0.4, -0.2) is 27.4 Å². The minimum absolute atomic E-state index is 0.00931. The van der Waals surface area contributed by atoms with E-state index in [2.05, 4.69) is 10.3 Å². The van der Waals surface area contributed by atoms with Crippen LogP contribution in [0.3, 0.4) is 0 Å². The summed E-state index contributed by atoms with van der Waals surface area (Å²) in [6, 6.07) is 15.6. The van der Waals surface area contributed by atoms with Gasteiger partial charge in [-0.05, 0) is 26.0 Å². The molecule has 1 aliphatic rings. The van der Waals surface area contributed by atoms with Gasteiger partial charge < -0.3 is 4.90 Å². The second kappa shape index (κ2) is 5.60. The Labute approximate surface area is 140 Å². The molecule has 24 heavy (non-hydrogen) atoms. The lowest BCUT2D eigenvalue weighted by molar-refractivity contribution is 0.0989. The lowest BCUT2D eigenvalue weighted by atomic mass is 9.95. The zero-order chi connectivity index (χ0) is 16.7. The molecule has 120 valence electrons. The first-order valence-corrected chi connectivity index (χ1v) is 8.20. The van der Waals surface area contributed by atoms with Gasteiger partial charge in [-0.1, -0.05) is 41.6 Å². The summed E-state index contributed by atoms with van der Waals surface area (Å²) in [5.41, 5.74) is 5.13. The molecule has 0 aliphatic carbocycles. The molecular formula is C19H18N4O. The fourth-order valence-corrected chi connectivity index (χ4v) is 3.34. The third kappa shape index (κ3) is 1.98. The molecule has 0 unspecified atom stereocenters.